The fourth-order valence-corrected chi connectivity index (χ4v) is 4.71. The predicted molar refractivity (Wildman–Crippen MR) is 105 cm³/mol. The van der Waals surface area contributed by atoms with Crippen LogP contribution >= 0.6 is 0 Å². The van der Waals surface area contributed by atoms with E-state index in [2.05, 4.69) is 4.90 Å². The van der Waals surface area contributed by atoms with Crippen molar-refractivity contribution in [3.8, 4) is 0 Å². The highest BCUT2D eigenvalue weighted by molar-refractivity contribution is 5.70. The predicted octanol–water partition coefficient (Wildman–Crippen LogP) is 3.86. The number of carbonyl (C=O) groups is 1. The van der Waals surface area contributed by atoms with Gasteiger partial charge in [0.05, 0.1) is 12.9 Å². The Labute approximate surface area is 167 Å². The molecule has 4 heteroatoms. The quantitative estimate of drug-likeness (QED) is 0.808. The summed E-state index contributed by atoms with van der Waals surface area (Å²) in [5.74, 6) is 0.361. The van der Waals surface area contributed by atoms with Gasteiger partial charge in [0.1, 0.15) is 6.10 Å². The second-order valence-electron chi connectivity index (χ2n) is 7.64. The van der Waals surface area contributed by atoms with Crippen molar-refractivity contribution in [2.24, 2.45) is 5.92 Å². The summed E-state index contributed by atoms with van der Waals surface area (Å²) < 4.78 is 47.2. The van der Waals surface area contributed by atoms with E-state index < -0.39 is 30.3 Å². The monoisotopic (exact) mass is 367 g/mol. The number of piperidine rings is 3. The van der Waals surface area contributed by atoms with E-state index in [1.165, 1.54) is 0 Å². The van der Waals surface area contributed by atoms with Gasteiger partial charge in [-0.3, -0.25) is 9.80 Å². The molecular formula is C23H26N2O2. The largest absolute Gasteiger partial charge is 0.444 e. The molecule has 4 nitrogen and oxygen atoms in total. The van der Waals surface area contributed by atoms with Crippen LogP contribution in [0.15, 0.2) is 54.5 Å². The first-order valence-electron chi connectivity index (χ1n) is 12.2. The van der Waals surface area contributed by atoms with Crippen LogP contribution in [0.4, 0.5) is 4.79 Å². The highest BCUT2D eigenvalue weighted by Gasteiger charge is 2.39. The van der Waals surface area contributed by atoms with Crippen LogP contribution in [0.3, 0.4) is 0 Å². The molecule has 0 aromatic heterocycles. The molecule has 1 amide bonds. The molecule has 27 heavy (non-hydrogen) atoms. The van der Waals surface area contributed by atoms with Gasteiger partial charge in [0.15, 0.2) is 0 Å². The highest BCUT2D eigenvalue weighted by Crippen LogP contribution is 2.36. The second kappa shape index (κ2) is 7.01. The number of amides is 1. The molecular weight excluding hydrogens is 336 g/mol. The van der Waals surface area contributed by atoms with Gasteiger partial charge in [-0.05, 0) is 55.0 Å². The third-order valence-electron chi connectivity index (χ3n) is 6.16. The molecule has 2 atom stereocenters. The molecule has 0 saturated carbocycles. The highest BCUT2D eigenvalue weighted by atomic mass is 16.6. The van der Waals surface area contributed by atoms with Crippen molar-refractivity contribution in [3.05, 3.63) is 71.2 Å². The Bertz CT molecular complexity index is 1040. The minimum atomic E-state index is -0.790. The van der Waals surface area contributed by atoms with Crippen molar-refractivity contribution in [3.63, 3.8) is 0 Å². The first kappa shape index (κ1) is 12.2. The average Bonchev–Trinajstić information content (AvgIpc) is 2.82. The zero-order valence-corrected chi connectivity index (χ0v) is 15.2. The molecule has 2 aromatic carbocycles. The van der Waals surface area contributed by atoms with Crippen molar-refractivity contribution >= 4 is 6.09 Å². The summed E-state index contributed by atoms with van der Waals surface area (Å²) in [4.78, 5) is 17.3. The molecule has 4 aliphatic heterocycles. The van der Waals surface area contributed by atoms with Gasteiger partial charge in [-0.1, -0.05) is 54.5 Å². The van der Waals surface area contributed by atoms with E-state index >= 15 is 0 Å². The summed E-state index contributed by atoms with van der Waals surface area (Å²) >= 11 is 0. The molecule has 4 aliphatic rings. The maximum Gasteiger partial charge on any atom is 0.410 e. The first-order valence-corrected chi connectivity index (χ1v) is 9.71. The summed E-state index contributed by atoms with van der Waals surface area (Å²) in [5, 5.41) is 0. The van der Waals surface area contributed by atoms with Crippen LogP contribution in [0.5, 0.6) is 0 Å². The molecule has 140 valence electrons. The van der Waals surface area contributed by atoms with Crippen LogP contribution < -0.4 is 0 Å². The van der Waals surface area contributed by atoms with Crippen LogP contribution in [0.1, 0.15) is 42.4 Å². The molecule has 3 fully saturated rings. The SMILES string of the molecule is [2H]c1c([2H])c([2H])c([C@@H]2c3ccccc3CCN2C(=O)O[C@@H]2CN3CCC2CC3)c([2H])c1[2H]. The molecule has 0 spiro atoms. The Morgan fingerprint density at radius 1 is 1.07 bits per heavy atom. The number of rotatable bonds is 2. The Hall–Kier alpha value is -2.33. The van der Waals surface area contributed by atoms with Crippen LogP contribution in [0, 0.1) is 5.92 Å². The number of hydrogen-bond acceptors (Lipinski definition) is 3. The fourth-order valence-electron chi connectivity index (χ4n) is 4.71. The normalized spacial score (nSPS) is 31.9. The van der Waals surface area contributed by atoms with Gasteiger partial charge < -0.3 is 4.74 Å². The lowest BCUT2D eigenvalue weighted by molar-refractivity contribution is -0.0462. The lowest BCUT2D eigenvalue weighted by Gasteiger charge is -2.45. The molecule has 0 N–H and O–H groups in total. The number of fused-ring (bicyclic) bond motifs is 4. The lowest BCUT2D eigenvalue weighted by Crippen LogP contribution is -2.53. The summed E-state index contributed by atoms with van der Waals surface area (Å²) in [6, 6.07) is 5.03. The van der Waals surface area contributed by atoms with Gasteiger partial charge in [0, 0.05) is 13.1 Å². The third-order valence-corrected chi connectivity index (χ3v) is 6.16. The van der Waals surface area contributed by atoms with Gasteiger partial charge in [0.2, 0.25) is 0 Å². The molecule has 6 rings (SSSR count). The molecule has 2 aromatic rings. The number of nitrogens with zero attached hydrogens (tertiary/aromatic N) is 2. The van der Waals surface area contributed by atoms with Gasteiger partial charge in [0.25, 0.3) is 0 Å². The Morgan fingerprint density at radius 2 is 1.85 bits per heavy atom. The number of benzene rings is 2. The molecule has 0 unspecified atom stereocenters. The number of hydrogen-bond donors (Lipinski definition) is 0. The van der Waals surface area contributed by atoms with Crippen molar-refractivity contribution in [2.45, 2.75) is 31.4 Å². The smallest absolute Gasteiger partial charge is 0.410 e. The minimum absolute atomic E-state index is 0.119. The Morgan fingerprint density at radius 3 is 2.59 bits per heavy atom. The summed E-state index contributed by atoms with van der Waals surface area (Å²) in [6.45, 7) is 3.19. The summed E-state index contributed by atoms with van der Waals surface area (Å²) in [5.41, 5.74) is 1.91. The van der Waals surface area contributed by atoms with Crippen molar-refractivity contribution in [1.82, 2.24) is 9.80 Å². The zero-order valence-electron chi connectivity index (χ0n) is 20.2. The maximum absolute atomic E-state index is 13.4. The van der Waals surface area contributed by atoms with Crippen LogP contribution in [0.2, 0.25) is 0 Å². The molecule has 0 aliphatic carbocycles. The van der Waals surface area contributed by atoms with Gasteiger partial charge in [-0.15, -0.1) is 0 Å². The first-order chi connectivity index (χ1) is 15.4. The van der Waals surface area contributed by atoms with Crippen molar-refractivity contribution in [1.29, 1.82) is 0 Å². The van der Waals surface area contributed by atoms with Crippen LogP contribution in [-0.4, -0.2) is 48.2 Å². The van der Waals surface area contributed by atoms with E-state index in [1.54, 1.807) is 4.90 Å². The molecule has 2 bridgehead atoms. The molecule has 4 heterocycles. The Kier molecular flexibility index (Phi) is 3.16. The topological polar surface area (TPSA) is 32.8 Å². The van der Waals surface area contributed by atoms with E-state index in [0.717, 1.165) is 43.6 Å². The van der Waals surface area contributed by atoms with Crippen LogP contribution in [0.25, 0.3) is 0 Å². The van der Waals surface area contributed by atoms with Gasteiger partial charge >= 0.3 is 6.09 Å². The fraction of sp³-hybridized carbons (Fsp3) is 0.435. The lowest BCUT2D eigenvalue weighted by atomic mass is 9.86. The van der Waals surface area contributed by atoms with E-state index in [4.69, 9.17) is 11.6 Å². The van der Waals surface area contributed by atoms with E-state index in [0.29, 0.717) is 18.9 Å². The van der Waals surface area contributed by atoms with Crippen molar-refractivity contribution in [2.75, 3.05) is 26.2 Å². The standard InChI is InChI=1S/C23H26N2O2/c26-23(27-21-16-24-13-10-18(21)11-14-24)25-15-12-17-6-4-5-9-20(17)22(25)19-7-2-1-3-8-19/h1-9,18,21-22H,10-16H2/t21-,22-/m1/s1/i1D,2D,3D,7D,8D. The van der Waals surface area contributed by atoms with Gasteiger partial charge in [-0.25, -0.2) is 4.79 Å². The molecule has 3 saturated heterocycles. The summed E-state index contributed by atoms with van der Waals surface area (Å²) in [7, 11) is 0. The van der Waals surface area contributed by atoms with E-state index in [1.807, 2.05) is 24.3 Å². The summed E-state index contributed by atoms with van der Waals surface area (Å²) in [6.07, 6.45) is 2.03. The average molecular weight is 368 g/mol. The van der Waals surface area contributed by atoms with Crippen LogP contribution in [-0.2, 0) is 11.2 Å². The van der Waals surface area contributed by atoms with E-state index in [-0.39, 0.29) is 23.8 Å². The maximum atomic E-state index is 13.4. The zero-order chi connectivity index (χ0) is 22.6. The third kappa shape index (κ3) is 3.12. The number of ether oxygens (including phenoxy) is 1. The minimum Gasteiger partial charge on any atom is -0.444 e. The molecule has 0 radical (unpaired) electrons. The Balaban J connectivity index is 1.55. The van der Waals surface area contributed by atoms with Crippen molar-refractivity contribution < 1.29 is 16.4 Å². The number of carbonyl (C=O) groups excluding carboxylic acids is 1. The second-order valence-corrected chi connectivity index (χ2v) is 7.64. The van der Waals surface area contributed by atoms with Gasteiger partial charge in [-0.2, -0.15) is 0 Å². The van der Waals surface area contributed by atoms with E-state index in [9.17, 15) is 4.79 Å².